The maximum absolute atomic E-state index is 5.04. The molecule has 0 aliphatic rings. The summed E-state index contributed by atoms with van der Waals surface area (Å²) in [4.78, 5) is 1.89. The lowest BCUT2D eigenvalue weighted by molar-refractivity contribution is 0.475. The van der Waals surface area contributed by atoms with Crippen molar-refractivity contribution in [3.05, 3.63) is 0 Å². The minimum atomic E-state index is 0.0708. The largest absolute Gasteiger partial charge is 0.358 e. The zero-order chi connectivity index (χ0) is 8.36. The molecule has 0 aliphatic heterocycles. The molecule has 0 amide bonds. The van der Waals surface area contributed by atoms with E-state index in [0.29, 0.717) is 0 Å². The second kappa shape index (κ2) is 3.19. The van der Waals surface area contributed by atoms with Gasteiger partial charge in [-0.1, -0.05) is 0 Å². The third-order valence-electron chi connectivity index (χ3n) is 0.888. The minimum Gasteiger partial charge on any atom is -0.358 e. The Morgan fingerprint density at radius 3 is 1.80 bits per heavy atom. The Kier molecular flexibility index (Phi) is 3.09. The number of hydrogen-bond donors (Lipinski definition) is 1. The van der Waals surface area contributed by atoms with E-state index in [1.54, 1.807) is 0 Å². The normalized spacial score (nSPS) is 10.9. The van der Waals surface area contributed by atoms with E-state index in [1.165, 1.54) is 0 Å². The van der Waals surface area contributed by atoms with E-state index in [4.69, 9.17) is 12.2 Å². The van der Waals surface area contributed by atoms with Gasteiger partial charge in [-0.2, -0.15) is 0 Å². The van der Waals surface area contributed by atoms with Gasteiger partial charge in [0.2, 0.25) is 0 Å². The van der Waals surface area contributed by atoms with Crippen LogP contribution in [0.1, 0.15) is 20.8 Å². The number of hydrogen-bond acceptors (Lipinski definition) is 1. The van der Waals surface area contributed by atoms with E-state index in [-0.39, 0.29) is 5.54 Å². The highest BCUT2D eigenvalue weighted by Crippen LogP contribution is 1.98. The summed E-state index contributed by atoms with van der Waals surface area (Å²) in [6, 6.07) is 0. The molecule has 2 nitrogen and oxygen atoms in total. The van der Waals surface area contributed by atoms with Crippen LogP contribution < -0.4 is 5.32 Å². The van der Waals surface area contributed by atoms with Crippen LogP contribution in [-0.2, 0) is 0 Å². The van der Waals surface area contributed by atoms with Crippen LogP contribution in [0.25, 0.3) is 0 Å². The first-order valence-electron chi connectivity index (χ1n) is 3.32. The van der Waals surface area contributed by atoms with Gasteiger partial charge in [0.25, 0.3) is 0 Å². The summed E-state index contributed by atoms with van der Waals surface area (Å²) >= 11 is 5.04. The quantitative estimate of drug-likeness (QED) is 0.536. The summed E-state index contributed by atoms with van der Waals surface area (Å²) < 4.78 is 0. The van der Waals surface area contributed by atoms with Crippen LogP contribution in [0.3, 0.4) is 0 Å². The molecule has 0 aromatic carbocycles. The Labute approximate surface area is 68.6 Å². The fourth-order valence-electron chi connectivity index (χ4n) is 0.433. The molecular formula is C7H16N2S. The van der Waals surface area contributed by atoms with E-state index in [2.05, 4.69) is 26.1 Å². The van der Waals surface area contributed by atoms with Gasteiger partial charge >= 0.3 is 0 Å². The van der Waals surface area contributed by atoms with Gasteiger partial charge in [0.15, 0.2) is 5.11 Å². The predicted octanol–water partition coefficient (Wildman–Crippen LogP) is 1.22. The summed E-state index contributed by atoms with van der Waals surface area (Å²) in [7, 11) is 3.86. The molecule has 0 saturated carbocycles. The molecule has 0 bridgehead atoms. The first kappa shape index (κ1) is 9.69. The summed E-state index contributed by atoms with van der Waals surface area (Å²) in [5.74, 6) is 0. The van der Waals surface area contributed by atoms with Crippen molar-refractivity contribution in [1.29, 1.82) is 0 Å². The molecule has 0 radical (unpaired) electrons. The van der Waals surface area contributed by atoms with Crippen molar-refractivity contribution in [2.24, 2.45) is 0 Å². The monoisotopic (exact) mass is 160 g/mol. The molecule has 1 N–H and O–H groups in total. The zero-order valence-electron chi connectivity index (χ0n) is 7.36. The van der Waals surface area contributed by atoms with E-state index in [1.807, 2.05) is 19.0 Å². The number of rotatable bonds is 0. The lowest BCUT2D eigenvalue weighted by Crippen LogP contribution is -2.45. The molecule has 0 atom stereocenters. The average molecular weight is 160 g/mol. The van der Waals surface area contributed by atoms with Gasteiger partial charge in [0.05, 0.1) is 0 Å². The highest BCUT2D eigenvalue weighted by Gasteiger charge is 2.11. The van der Waals surface area contributed by atoms with Crippen molar-refractivity contribution in [1.82, 2.24) is 10.2 Å². The Balaban J connectivity index is 3.81. The van der Waals surface area contributed by atoms with Gasteiger partial charge in [-0.15, -0.1) is 0 Å². The second-order valence-corrected chi connectivity index (χ2v) is 3.96. The van der Waals surface area contributed by atoms with Crippen LogP contribution in [0.15, 0.2) is 0 Å². The second-order valence-electron chi connectivity index (χ2n) is 3.57. The van der Waals surface area contributed by atoms with Gasteiger partial charge in [-0.25, -0.2) is 0 Å². The van der Waals surface area contributed by atoms with Gasteiger partial charge in [-0.05, 0) is 33.0 Å². The van der Waals surface area contributed by atoms with Crippen molar-refractivity contribution in [3.8, 4) is 0 Å². The zero-order valence-corrected chi connectivity index (χ0v) is 8.17. The first-order chi connectivity index (χ1) is 4.33. The van der Waals surface area contributed by atoms with Gasteiger partial charge < -0.3 is 10.2 Å². The number of nitrogens with zero attached hydrogens (tertiary/aromatic N) is 1. The molecule has 10 heavy (non-hydrogen) atoms. The van der Waals surface area contributed by atoms with Crippen molar-refractivity contribution in [2.75, 3.05) is 14.1 Å². The van der Waals surface area contributed by atoms with Crippen molar-refractivity contribution in [2.45, 2.75) is 26.3 Å². The molecule has 0 rings (SSSR count). The molecule has 0 heterocycles. The number of thiocarbonyl (C=S) groups is 1. The summed E-state index contributed by atoms with van der Waals surface area (Å²) in [6.07, 6.45) is 0. The lowest BCUT2D eigenvalue weighted by Gasteiger charge is -2.25. The molecule has 0 aromatic heterocycles. The Bertz CT molecular complexity index is 124. The molecule has 60 valence electrons. The third kappa shape index (κ3) is 4.56. The molecule has 3 heteroatoms. The molecule has 0 aliphatic carbocycles. The fraction of sp³-hybridized carbons (Fsp3) is 0.857. The van der Waals surface area contributed by atoms with E-state index >= 15 is 0 Å². The standard InChI is InChI=1S/C7H16N2S/c1-7(2,3)8-6(10)9(4)5/h1-5H3,(H,8,10). The number of nitrogens with one attached hydrogen (secondary N) is 1. The molecule has 0 saturated heterocycles. The topological polar surface area (TPSA) is 15.3 Å². The molecule has 0 aromatic rings. The van der Waals surface area contributed by atoms with E-state index < -0.39 is 0 Å². The smallest absolute Gasteiger partial charge is 0.168 e. The predicted molar refractivity (Wildman–Crippen MR) is 49.2 cm³/mol. The molecule has 0 spiro atoms. The summed E-state index contributed by atoms with van der Waals surface area (Å²) in [5, 5.41) is 3.96. The fourth-order valence-corrected chi connectivity index (χ4v) is 0.739. The maximum atomic E-state index is 5.04. The van der Waals surface area contributed by atoms with Crippen LogP contribution in [0.2, 0.25) is 0 Å². The van der Waals surface area contributed by atoms with E-state index in [0.717, 1.165) is 5.11 Å². The van der Waals surface area contributed by atoms with Crippen molar-refractivity contribution in [3.63, 3.8) is 0 Å². The van der Waals surface area contributed by atoms with Crippen LogP contribution in [0, 0.1) is 0 Å². The lowest BCUT2D eigenvalue weighted by atomic mass is 10.1. The summed E-state index contributed by atoms with van der Waals surface area (Å²) in [5.41, 5.74) is 0.0708. The van der Waals surface area contributed by atoms with Gasteiger partial charge in [0, 0.05) is 19.6 Å². The highest BCUT2D eigenvalue weighted by molar-refractivity contribution is 7.80. The van der Waals surface area contributed by atoms with Gasteiger partial charge in [-0.3, -0.25) is 0 Å². The average Bonchev–Trinajstić information content (AvgIpc) is 1.60. The highest BCUT2D eigenvalue weighted by atomic mass is 32.1. The van der Waals surface area contributed by atoms with Crippen molar-refractivity contribution < 1.29 is 0 Å². The molecule has 0 fully saturated rings. The SMILES string of the molecule is CN(C)C(=S)NC(C)(C)C. The van der Waals surface area contributed by atoms with Crippen LogP contribution >= 0.6 is 12.2 Å². The van der Waals surface area contributed by atoms with Crippen LogP contribution in [0.5, 0.6) is 0 Å². The Morgan fingerprint density at radius 2 is 1.70 bits per heavy atom. The van der Waals surface area contributed by atoms with Crippen LogP contribution in [0.4, 0.5) is 0 Å². The van der Waals surface area contributed by atoms with Crippen LogP contribution in [-0.4, -0.2) is 29.6 Å². The van der Waals surface area contributed by atoms with Gasteiger partial charge in [0.1, 0.15) is 0 Å². The maximum Gasteiger partial charge on any atom is 0.168 e. The molecule has 0 unspecified atom stereocenters. The molecular weight excluding hydrogens is 144 g/mol. The Morgan fingerprint density at radius 1 is 1.30 bits per heavy atom. The Hall–Kier alpha value is -0.310. The third-order valence-corrected chi connectivity index (χ3v) is 1.36. The minimum absolute atomic E-state index is 0.0708. The van der Waals surface area contributed by atoms with E-state index in [9.17, 15) is 0 Å². The summed E-state index contributed by atoms with van der Waals surface area (Å²) in [6.45, 7) is 6.26. The first-order valence-corrected chi connectivity index (χ1v) is 3.73. The van der Waals surface area contributed by atoms with Crippen molar-refractivity contribution >= 4 is 17.3 Å².